The number of aliphatic hydroxyl groups excluding tert-OH is 1. The molecule has 3 aliphatic rings. The van der Waals surface area contributed by atoms with Gasteiger partial charge in [0, 0.05) is 73.6 Å². The number of rotatable bonds is 11. The first kappa shape index (κ1) is 47.1. The number of aliphatic hydroxyl groups is 1. The van der Waals surface area contributed by atoms with Gasteiger partial charge in [0.15, 0.2) is 0 Å². The summed E-state index contributed by atoms with van der Waals surface area (Å²) in [7, 11) is 1.55. The van der Waals surface area contributed by atoms with E-state index in [9.17, 15) is 19.8 Å². The summed E-state index contributed by atoms with van der Waals surface area (Å²) < 4.78 is 19.1. The maximum absolute atomic E-state index is 14.6. The van der Waals surface area contributed by atoms with Gasteiger partial charge in [0.2, 0.25) is 0 Å². The fourth-order valence-electron chi connectivity index (χ4n) is 12.4. The third-order valence-corrected chi connectivity index (χ3v) is 16.5. The average molecular weight is 1030 g/mol. The molecular weight excluding hydrogens is 977 g/mol. The van der Waals surface area contributed by atoms with E-state index in [2.05, 4.69) is 38.0 Å². The number of carboxylic acids is 1. The lowest BCUT2D eigenvalue weighted by molar-refractivity contribution is 0.0257. The number of hydrogen-bond acceptors (Lipinski definition) is 5. The van der Waals surface area contributed by atoms with Gasteiger partial charge >= 0.3 is 11.9 Å². The van der Waals surface area contributed by atoms with Crippen LogP contribution in [0.25, 0.3) is 38.5 Å². The van der Waals surface area contributed by atoms with E-state index in [0.29, 0.717) is 65.7 Å². The lowest BCUT2D eigenvalue weighted by atomic mass is 9.88. The number of fused-ring (bicyclic) bond motifs is 9. The van der Waals surface area contributed by atoms with Gasteiger partial charge in [0.25, 0.3) is 0 Å². The van der Waals surface area contributed by atoms with Crippen LogP contribution in [0.5, 0.6) is 5.75 Å². The Morgan fingerprint density at radius 3 is 2.03 bits per heavy atom. The summed E-state index contributed by atoms with van der Waals surface area (Å²) in [6, 6.07) is 38.8. The third kappa shape index (κ3) is 8.17. The summed E-state index contributed by atoms with van der Waals surface area (Å²) in [5.74, 6) is -0.650. The molecule has 0 aliphatic heterocycles. The second-order valence-corrected chi connectivity index (χ2v) is 20.9. The van der Waals surface area contributed by atoms with E-state index in [1.54, 1.807) is 25.3 Å². The van der Waals surface area contributed by atoms with E-state index in [4.69, 9.17) is 44.3 Å². The molecule has 9 nitrogen and oxygen atoms in total. The number of aromatic nitrogens is 3. The van der Waals surface area contributed by atoms with Gasteiger partial charge in [-0.05, 0) is 141 Å². The molecule has 3 aliphatic carbocycles. The lowest BCUT2D eigenvalue weighted by Crippen LogP contribution is -2.20. The van der Waals surface area contributed by atoms with Crippen molar-refractivity contribution in [2.24, 2.45) is 0 Å². The molecular formula is C61H52Cl3N3O6. The van der Waals surface area contributed by atoms with Gasteiger partial charge in [0.05, 0.1) is 45.9 Å². The maximum atomic E-state index is 14.6. The highest BCUT2D eigenvalue weighted by Crippen LogP contribution is 2.45. The molecule has 9 aromatic rings. The Kier molecular flexibility index (Phi) is 12.4. The Morgan fingerprint density at radius 2 is 1.25 bits per heavy atom. The molecule has 6 aromatic carbocycles. The van der Waals surface area contributed by atoms with Crippen LogP contribution in [0.4, 0.5) is 0 Å². The standard InChI is InChI=1S/C61H52Cl3N3O6/c1-72-54-24-10-18-43(60(69)70)47(54)34-67-52-28-26-35(30-45(52)42-17-8-20-48(63)57(42)67)59(68)39-14-4-2-12-36(39)33-66-53-23-11-25-55(56(53)44-19-9-21-49(64)58(44)66)73-61(71)40-15-5-3-13-37(40)32-65-50-22-7-6-16-41(50)46-31-38(62)27-29-51(46)65/h2-5,8-10,12-15,17-21,24,27,29,31,55,68H,6-7,11,16,22-23,25-26,28,30,32-34H2,1H3,(H,69,70)/b59-35-. The van der Waals surface area contributed by atoms with Crippen LogP contribution in [0, 0.1) is 0 Å². The molecule has 2 N–H and O–H groups in total. The summed E-state index contributed by atoms with van der Waals surface area (Å²) in [5, 5.41) is 27.6. The van der Waals surface area contributed by atoms with Crippen molar-refractivity contribution in [3.8, 4) is 5.75 Å². The van der Waals surface area contributed by atoms with Crippen molar-refractivity contribution in [3.05, 3.63) is 209 Å². The van der Waals surface area contributed by atoms with E-state index in [1.807, 2.05) is 78.9 Å². The van der Waals surface area contributed by atoms with Crippen molar-refractivity contribution in [1.29, 1.82) is 0 Å². The molecule has 73 heavy (non-hydrogen) atoms. The SMILES string of the molecule is COc1cccc(C(=O)O)c1Cn1c2c(c3cccc(Cl)c31)C/C(=C(\O)c1ccccc1Cn1c3c(c4cccc(Cl)c41)C(OC(=O)c1ccccc1Cn1c4c(c5cc(Cl)ccc51)CCCC4)CCC3)CC2. The summed E-state index contributed by atoms with van der Waals surface area (Å²) in [6.45, 7) is 1.23. The van der Waals surface area contributed by atoms with E-state index < -0.39 is 12.1 Å². The maximum Gasteiger partial charge on any atom is 0.339 e. The second-order valence-electron chi connectivity index (χ2n) is 19.6. The fourth-order valence-corrected chi connectivity index (χ4v) is 13.1. The van der Waals surface area contributed by atoms with Crippen molar-refractivity contribution in [2.75, 3.05) is 7.11 Å². The molecule has 0 spiro atoms. The smallest absolute Gasteiger partial charge is 0.339 e. The number of ether oxygens (including phenoxy) is 2. The number of benzene rings is 6. The summed E-state index contributed by atoms with van der Waals surface area (Å²) >= 11 is 20.7. The lowest BCUT2D eigenvalue weighted by Gasteiger charge is -2.26. The number of aromatic carboxylic acids is 1. The minimum absolute atomic E-state index is 0.172. The highest BCUT2D eigenvalue weighted by molar-refractivity contribution is 6.36. The number of halogens is 3. The van der Waals surface area contributed by atoms with Crippen LogP contribution in [-0.2, 0) is 56.5 Å². The predicted octanol–water partition coefficient (Wildman–Crippen LogP) is 14.9. The zero-order chi connectivity index (χ0) is 50.1. The van der Waals surface area contributed by atoms with Crippen LogP contribution < -0.4 is 4.74 Å². The van der Waals surface area contributed by atoms with Gasteiger partial charge in [-0.25, -0.2) is 9.59 Å². The van der Waals surface area contributed by atoms with Crippen molar-refractivity contribution >= 4 is 85.2 Å². The van der Waals surface area contributed by atoms with Crippen molar-refractivity contribution in [1.82, 2.24) is 13.7 Å². The average Bonchev–Trinajstić information content (AvgIpc) is 4.02. The molecule has 0 saturated heterocycles. The Bertz CT molecular complexity index is 3770. The zero-order valence-corrected chi connectivity index (χ0v) is 42.6. The Balaban J connectivity index is 0.868. The normalized spacial score (nSPS) is 16.1. The molecule has 0 fully saturated rings. The highest BCUT2D eigenvalue weighted by atomic mass is 35.5. The van der Waals surface area contributed by atoms with Gasteiger partial charge < -0.3 is 33.4 Å². The number of carboxylic acid groups (broad SMARTS) is 1. The van der Waals surface area contributed by atoms with Crippen molar-refractivity contribution in [3.63, 3.8) is 0 Å². The first-order chi connectivity index (χ1) is 35.6. The molecule has 1 unspecified atom stereocenters. The predicted molar refractivity (Wildman–Crippen MR) is 290 cm³/mol. The van der Waals surface area contributed by atoms with Crippen molar-refractivity contribution in [2.45, 2.75) is 89.9 Å². The van der Waals surface area contributed by atoms with Crippen LogP contribution in [0.15, 0.2) is 127 Å². The number of carbonyl (C=O) groups excluding carboxylic acids is 1. The Labute approximate surface area is 437 Å². The Morgan fingerprint density at radius 1 is 0.603 bits per heavy atom. The number of nitrogens with zero attached hydrogens (tertiary/aromatic N) is 3. The van der Waals surface area contributed by atoms with Crippen LogP contribution in [0.3, 0.4) is 0 Å². The largest absolute Gasteiger partial charge is 0.507 e. The third-order valence-electron chi connectivity index (χ3n) is 15.7. The monoisotopic (exact) mass is 1030 g/mol. The number of hydrogen-bond donors (Lipinski definition) is 2. The minimum Gasteiger partial charge on any atom is -0.507 e. The molecule has 3 aromatic heterocycles. The number of allylic oxidation sites excluding steroid dienone is 1. The molecule has 0 amide bonds. The van der Waals surface area contributed by atoms with Crippen LogP contribution in [0.1, 0.15) is 115 Å². The van der Waals surface area contributed by atoms with Crippen LogP contribution in [-0.4, -0.2) is 43.0 Å². The quantitative estimate of drug-likeness (QED) is 0.0987. The first-order valence-electron chi connectivity index (χ1n) is 25.1. The molecule has 3 heterocycles. The van der Waals surface area contributed by atoms with E-state index in [-0.39, 0.29) is 23.8 Å². The van der Waals surface area contributed by atoms with Gasteiger partial charge in [-0.15, -0.1) is 0 Å². The number of carbonyl (C=O) groups is 2. The molecule has 0 saturated carbocycles. The first-order valence-corrected chi connectivity index (χ1v) is 26.3. The van der Waals surface area contributed by atoms with Gasteiger partial charge in [0.1, 0.15) is 17.6 Å². The van der Waals surface area contributed by atoms with Gasteiger partial charge in [-0.3, -0.25) is 0 Å². The molecule has 1 atom stereocenters. The minimum atomic E-state index is -1.03. The molecule has 0 radical (unpaired) electrons. The number of aryl methyl sites for hydroxylation is 1. The molecule has 12 heteroatoms. The summed E-state index contributed by atoms with van der Waals surface area (Å²) in [5.41, 5.74) is 14.4. The fraction of sp³-hybridized carbons (Fsp3) is 0.246. The number of para-hydroxylation sites is 2. The van der Waals surface area contributed by atoms with E-state index in [1.165, 1.54) is 16.6 Å². The van der Waals surface area contributed by atoms with Crippen LogP contribution >= 0.6 is 34.8 Å². The van der Waals surface area contributed by atoms with E-state index in [0.717, 1.165) is 116 Å². The molecule has 0 bridgehead atoms. The van der Waals surface area contributed by atoms with Gasteiger partial charge in [-0.1, -0.05) is 108 Å². The van der Waals surface area contributed by atoms with E-state index >= 15 is 0 Å². The van der Waals surface area contributed by atoms with Gasteiger partial charge in [-0.2, -0.15) is 0 Å². The summed E-state index contributed by atoms with van der Waals surface area (Å²) in [6.07, 6.45) is 7.73. The topological polar surface area (TPSA) is 108 Å². The summed E-state index contributed by atoms with van der Waals surface area (Å²) in [4.78, 5) is 27.0. The zero-order valence-electron chi connectivity index (χ0n) is 40.3. The number of methoxy groups -OCH3 is 1. The molecule has 12 rings (SSSR count). The highest BCUT2D eigenvalue weighted by Gasteiger charge is 2.33. The van der Waals surface area contributed by atoms with Crippen LogP contribution in [0.2, 0.25) is 15.1 Å². The Hall–Kier alpha value is -6.91. The molecule has 368 valence electrons. The second kappa shape index (κ2) is 19.2. The number of esters is 1. The van der Waals surface area contributed by atoms with Crippen molar-refractivity contribution < 1.29 is 29.3 Å².